The van der Waals surface area contributed by atoms with Gasteiger partial charge in [-0.25, -0.2) is 0 Å². The van der Waals surface area contributed by atoms with Crippen LogP contribution in [0.2, 0.25) is 10.0 Å². The summed E-state index contributed by atoms with van der Waals surface area (Å²) in [4.78, 5) is 0. The monoisotopic (exact) mass is 245 g/mol. The Morgan fingerprint density at radius 1 is 1.33 bits per heavy atom. The normalized spacial score (nSPS) is 20.5. The highest BCUT2D eigenvalue weighted by Gasteiger charge is 2.14. The highest BCUT2D eigenvalue weighted by Crippen LogP contribution is 2.26. The van der Waals surface area contributed by atoms with Gasteiger partial charge in [0, 0.05) is 18.5 Å². The minimum atomic E-state index is 0.540. The predicted octanol–water partition coefficient (Wildman–Crippen LogP) is 2.98. The second-order valence-electron chi connectivity index (χ2n) is 3.75. The van der Waals surface area contributed by atoms with Gasteiger partial charge in [-0.3, -0.25) is 0 Å². The van der Waals surface area contributed by atoms with Gasteiger partial charge in [0.2, 0.25) is 0 Å². The fourth-order valence-electron chi connectivity index (χ4n) is 1.64. The van der Waals surface area contributed by atoms with Crippen LogP contribution in [-0.4, -0.2) is 19.7 Å². The van der Waals surface area contributed by atoms with Gasteiger partial charge in [0.1, 0.15) is 5.75 Å². The molecule has 0 aliphatic carbocycles. The van der Waals surface area contributed by atoms with E-state index in [1.807, 2.05) is 6.07 Å². The van der Waals surface area contributed by atoms with Crippen molar-refractivity contribution in [2.45, 2.75) is 6.42 Å². The standard InChI is InChI=1S/C11H13Cl2NO/c12-10-2-1-9(5-11(10)13)15-7-8-3-4-14-6-8/h1-2,5,8,14H,3-4,6-7H2. The molecule has 0 aromatic heterocycles. The molecule has 0 radical (unpaired) electrons. The van der Waals surface area contributed by atoms with Crippen molar-refractivity contribution in [1.82, 2.24) is 5.32 Å². The molecule has 0 spiro atoms. The largest absolute Gasteiger partial charge is 0.493 e. The molecule has 1 aliphatic rings. The van der Waals surface area contributed by atoms with Crippen molar-refractivity contribution < 1.29 is 4.74 Å². The van der Waals surface area contributed by atoms with Crippen molar-refractivity contribution >= 4 is 23.2 Å². The lowest BCUT2D eigenvalue weighted by Crippen LogP contribution is -2.15. The number of rotatable bonds is 3. The van der Waals surface area contributed by atoms with Gasteiger partial charge in [-0.1, -0.05) is 23.2 Å². The van der Waals surface area contributed by atoms with Gasteiger partial charge in [0.05, 0.1) is 16.7 Å². The molecule has 1 saturated heterocycles. The number of halogens is 2. The van der Waals surface area contributed by atoms with Crippen LogP contribution in [0.5, 0.6) is 5.75 Å². The zero-order valence-electron chi connectivity index (χ0n) is 8.30. The maximum absolute atomic E-state index is 5.88. The van der Waals surface area contributed by atoms with Crippen LogP contribution in [0.15, 0.2) is 18.2 Å². The van der Waals surface area contributed by atoms with Crippen LogP contribution in [0.3, 0.4) is 0 Å². The van der Waals surface area contributed by atoms with Crippen LogP contribution >= 0.6 is 23.2 Å². The lowest BCUT2D eigenvalue weighted by atomic mass is 10.1. The van der Waals surface area contributed by atoms with Crippen LogP contribution in [0.1, 0.15) is 6.42 Å². The maximum atomic E-state index is 5.88. The molecule has 1 unspecified atom stereocenters. The minimum absolute atomic E-state index is 0.540. The Kier molecular flexibility index (Phi) is 3.73. The fraction of sp³-hybridized carbons (Fsp3) is 0.455. The molecule has 1 aromatic rings. The lowest BCUT2D eigenvalue weighted by molar-refractivity contribution is 0.260. The second kappa shape index (κ2) is 5.06. The Bertz CT molecular complexity index is 337. The van der Waals surface area contributed by atoms with Gasteiger partial charge in [0.25, 0.3) is 0 Å². The van der Waals surface area contributed by atoms with Crippen molar-refractivity contribution in [3.05, 3.63) is 28.2 Å². The van der Waals surface area contributed by atoms with Crippen LogP contribution in [0.4, 0.5) is 0 Å². The summed E-state index contributed by atoms with van der Waals surface area (Å²) < 4.78 is 5.64. The third-order valence-electron chi connectivity index (χ3n) is 2.54. The zero-order valence-corrected chi connectivity index (χ0v) is 9.81. The highest BCUT2D eigenvalue weighted by molar-refractivity contribution is 6.42. The molecule has 1 heterocycles. The summed E-state index contributed by atoms with van der Waals surface area (Å²) in [5.41, 5.74) is 0. The first-order valence-electron chi connectivity index (χ1n) is 5.04. The Labute approximate surface area is 99.5 Å². The molecule has 1 atom stereocenters. The van der Waals surface area contributed by atoms with Gasteiger partial charge in [-0.05, 0) is 25.1 Å². The number of nitrogens with one attached hydrogen (secondary N) is 1. The van der Waals surface area contributed by atoms with Crippen LogP contribution in [0, 0.1) is 5.92 Å². The molecule has 1 aromatic carbocycles. The first-order valence-corrected chi connectivity index (χ1v) is 5.80. The van der Waals surface area contributed by atoms with Crippen LogP contribution < -0.4 is 10.1 Å². The zero-order chi connectivity index (χ0) is 10.7. The summed E-state index contributed by atoms with van der Waals surface area (Å²) >= 11 is 11.7. The molecule has 4 heteroatoms. The first kappa shape index (κ1) is 11.1. The topological polar surface area (TPSA) is 21.3 Å². The number of hydrogen-bond donors (Lipinski definition) is 1. The van der Waals surface area contributed by atoms with E-state index in [2.05, 4.69) is 5.32 Å². The van der Waals surface area contributed by atoms with E-state index >= 15 is 0 Å². The molecule has 2 nitrogen and oxygen atoms in total. The molecule has 1 aliphatic heterocycles. The highest BCUT2D eigenvalue weighted by atomic mass is 35.5. The lowest BCUT2D eigenvalue weighted by Gasteiger charge is -2.11. The van der Waals surface area contributed by atoms with Gasteiger partial charge in [-0.2, -0.15) is 0 Å². The Hall–Kier alpha value is -0.440. The Morgan fingerprint density at radius 3 is 2.87 bits per heavy atom. The van der Waals surface area contributed by atoms with E-state index in [0.29, 0.717) is 16.0 Å². The van der Waals surface area contributed by atoms with E-state index in [4.69, 9.17) is 27.9 Å². The third-order valence-corrected chi connectivity index (χ3v) is 3.28. The van der Waals surface area contributed by atoms with Gasteiger partial charge in [-0.15, -0.1) is 0 Å². The molecule has 0 saturated carbocycles. The summed E-state index contributed by atoms with van der Waals surface area (Å²) in [5, 5.41) is 4.40. The SMILES string of the molecule is Clc1ccc(OCC2CCNC2)cc1Cl. The predicted molar refractivity (Wildman–Crippen MR) is 62.9 cm³/mol. The first-order chi connectivity index (χ1) is 7.25. The average Bonchev–Trinajstić information content (AvgIpc) is 2.73. The summed E-state index contributed by atoms with van der Waals surface area (Å²) in [6, 6.07) is 5.36. The number of hydrogen-bond acceptors (Lipinski definition) is 2. The van der Waals surface area contributed by atoms with Crippen molar-refractivity contribution in [2.75, 3.05) is 19.7 Å². The number of benzene rings is 1. The molecular formula is C11H13Cl2NO. The van der Waals surface area contributed by atoms with Crippen molar-refractivity contribution in [1.29, 1.82) is 0 Å². The summed E-state index contributed by atoms with van der Waals surface area (Å²) in [6.45, 7) is 2.88. The van der Waals surface area contributed by atoms with Gasteiger partial charge >= 0.3 is 0 Å². The molecule has 15 heavy (non-hydrogen) atoms. The molecular weight excluding hydrogens is 233 g/mol. The molecule has 0 amide bonds. The maximum Gasteiger partial charge on any atom is 0.120 e. The second-order valence-corrected chi connectivity index (χ2v) is 4.56. The van der Waals surface area contributed by atoms with E-state index in [1.165, 1.54) is 6.42 Å². The molecule has 2 rings (SSSR count). The molecule has 82 valence electrons. The minimum Gasteiger partial charge on any atom is -0.493 e. The van der Waals surface area contributed by atoms with E-state index < -0.39 is 0 Å². The summed E-state index contributed by atoms with van der Waals surface area (Å²) in [7, 11) is 0. The average molecular weight is 246 g/mol. The quantitative estimate of drug-likeness (QED) is 0.885. The van der Waals surface area contributed by atoms with Crippen molar-refractivity contribution in [2.24, 2.45) is 5.92 Å². The van der Waals surface area contributed by atoms with E-state index in [1.54, 1.807) is 12.1 Å². The smallest absolute Gasteiger partial charge is 0.120 e. The van der Waals surface area contributed by atoms with Crippen LogP contribution in [-0.2, 0) is 0 Å². The Morgan fingerprint density at radius 2 is 2.20 bits per heavy atom. The van der Waals surface area contributed by atoms with Crippen molar-refractivity contribution in [3.63, 3.8) is 0 Å². The van der Waals surface area contributed by atoms with E-state index in [9.17, 15) is 0 Å². The van der Waals surface area contributed by atoms with Gasteiger partial charge < -0.3 is 10.1 Å². The molecule has 1 fully saturated rings. The summed E-state index contributed by atoms with van der Waals surface area (Å²) in [5.74, 6) is 1.40. The number of ether oxygens (including phenoxy) is 1. The summed E-state index contributed by atoms with van der Waals surface area (Å²) in [6.07, 6.45) is 1.18. The van der Waals surface area contributed by atoms with Crippen LogP contribution in [0.25, 0.3) is 0 Å². The van der Waals surface area contributed by atoms with Gasteiger partial charge in [0.15, 0.2) is 0 Å². The Balaban J connectivity index is 1.90. The van der Waals surface area contributed by atoms with Crippen molar-refractivity contribution in [3.8, 4) is 5.75 Å². The molecule has 0 bridgehead atoms. The molecule has 1 N–H and O–H groups in total. The van der Waals surface area contributed by atoms with E-state index in [-0.39, 0.29) is 0 Å². The fourth-order valence-corrected chi connectivity index (χ4v) is 1.93. The third kappa shape index (κ3) is 3.00. The van der Waals surface area contributed by atoms with E-state index in [0.717, 1.165) is 25.4 Å².